The third-order valence-corrected chi connectivity index (χ3v) is 16.6. The molecule has 0 radical (unpaired) electrons. The molecular weight excluding hydrogens is 705 g/mol. The highest BCUT2D eigenvalue weighted by Crippen LogP contribution is 2.40. The summed E-state index contributed by atoms with van der Waals surface area (Å²) < 4.78 is 4.97. The molecule has 0 spiro atoms. The van der Waals surface area contributed by atoms with E-state index in [1.165, 1.54) is 75.5 Å². The van der Waals surface area contributed by atoms with Crippen molar-refractivity contribution in [2.24, 2.45) is 0 Å². The van der Waals surface area contributed by atoms with E-state index in [9.17, 15) is 0 Å². The maximum Gasteiger partial charge on any atom is 0.179 e. The number of nitrogens with zero attached hydrogens (tertiary/aromatic N) is 2. The van der Waals surface area contributed by atoms with Crippen LogP contribution in [0.2, 0.25) is 0 Å². The van der Waals surface area contributed by atoms with Crippen LogP contribution >= 0.6 is 0 Å². The van der Waals surface area contributed by atoms with E-state index in [1.54, 1.807) is 0 Å². The lowest BCUT2D eigenvalue weighted by molar-refractivity contribution is 1.16. The molecule has 0 saturated heterocycles. The van der Waals surface area contributed by atoms with Gasteiger partial charge in [0.15, 0.2) is 8.07 Å². The maximum absolute atomic E-state index is 2.80. The largest absolute Gasteiger partial charge is 0.309 e. The third-order valence-electron chi connectivity index (χ3n) is 11.9. The van der Waals surface area contributed by atoms with E-state index >= 15 is 0 Å². The van der Waals surface area contributed by atoms with Crippen molar-refractivity contribution in [2.45, 2.75) is 0 Å². The van der Waals surface area contributed by atoms with Gasteiger partial charge in [0, 0.05) is 38.5 Å². The van der Waals surface area contributed by atoms with Gasteiger partial charge in [-0.2, -0.15) is 0 Å². The summed E-state index contributed by atoms with van der Waals surface area (Å²) in [5, 5.41) is 10.4. The second-order valence-electron chi connectivity index (χ2n) is 14.9. The predicted molar refractivity (Wildman–Crippen MR) is 244 cm³/mol. The monoisotopic (exact) mass is 742 g/mol. The minimum atomic E-state index is -2.80. The van der Waals surface area contributed by atoms with Gasteiger partial charge in [-0.3, -0.25) is 0 Å². The number of aromatic nitrogens is 2. The van der Waals surface area contributed by atoms with Gasteiger partial charge in [-0.25, -0.2) is 0 Å². The minimum absolute atomic E-state index is 1.13. The van der Waals surface area contributed by atoms with Crippen LogP contribution in [0.1, 0.15) is 0 Å². The summed E-state index contributed by atoms with van der Waals surface area (Å²) in [6.45, 7) is 0. The van der Waals surface area contributed by atoms with Crippen molar-refractivity contribution in [1.29, 1.82) is 0 Å². The van der Waals surface area contributed by atoms with E-state index in [2.05, 4.69) is 240 Å². The average molecular weight is 743 g/mol. The first-order valence-electron chi connectivity index (χ1n) is 19.7. The molecule has 0 aliphatic rings. The smallest absolute Gasteiger partial charge is 0.179 e. The van der Waals surface area contributed by atoms with Crippen molar-refractivity contribution < 1.29 is 0 Å². The second kappa shape index (κ2) is 13.5. The molecule has 0 saturated carbocycles. The van der Waals surface area contributed by atoms with Gasteiger partial charge in [-0.1, -0.05) is 194 Å². The molecule has 0 N–H and O–H groups in total. The Morgan fingerprint density at radius 3 is 1.42 bits per heavy atom. The van der Waals surface area contributed by atoms with Crippen molar-refractivity contribution in [3.05, 3.63) is 231 Å². The number of benzene rings is 9. The number of hydrogen-bond donors (Lipinski definition) is 0. The Labute approximate surface area is 333 Å². The molecule has 268 valence electrons. The topological polar surface area (TPSA) is 9.86 Å². The van der Waals surface area contributed by atoms with Crippen LogP contribution in [-0.2, 0) is 0 Å². The number of hydrogen-bond acceptors (Lipinski definition) is 0. The Bertz CT molecular complexity index is 3110. The molecule has 0 bridgehead atoms. The van der Waals surface area contributed by atoms with E-state index in [4.69, 9.17) is 0 Å². The summed E-state index contributed by atoms with van der Waals surface area (Å²) in [6.07, 6.45) is 0. The van der Waals surface area contributed by atoms with E-state index in [1.807, 2.05) is 0 Å². The van der Waals surface area contributed by atoms with Gasteiger partial charge >= 0.3 is 0 Å². The molecule has 2 aromatic heterocycles. The zero-order valence-corrected chi connectivity index (χ0v) is 32.3. The third kappa shape index (κ3) is 5.17. The minimum Gasteiger partial charge on any atom is -0.309 e. The van der Waals surface area contributed by atoms with E-state index in [0.717, 1.165) is 11.4 Å². The Morgan fingerprint density at radius 1 is 0.281 bits per heavy atom. The van der Waals surface area contributed by atoms with Gasteiger partial charge in [-0.05, 0) is 62.7 Å². The first-order chi connectivity index (χ1) is 28.3. The van der Waals surface area contributed by atoms with Gasteiger partial charge in [0.25, 0.3) is 0 Å². The predicted octanol–water partition coefficient (Wildman–Crippen LogP) is 10.9. The Kier molecular flexibility index (Phi) is 7.87. The zero-order valence-electron chi connectivity index (χ0n) is 31.3. The fourth-order valence-electron chi connectivity index (χ4n) is 9.44. The van der Waals surface area contributed by atoms with Crippen LogP contribution in [0.3, 0.4) is 0 Å². The lowest BCUT2D eigenvalue weighted by Gasteiger charge is -2.34. The summed E-state index contributed by atoms with van der Waals surface area (Å²) in [4.78, 5) is 0. The molecule has 0 fully saturated rings. The Balaban J connectivity index is 1.28. The second-order valence-corrected chi connectivity index (χ2v) is 18.7. The molecule has 11 aromatic rings. The molecule has 0 aliphatic carbocycles. The fraction of sp³-hybridized carbons (Fsp3) is 0. The van der Waals surface area contributed by atoms with Crippen LogP contribution in [0.5, 0.6) is 0 Å². The van der Waals surface area contributed by atoms with Gasteiger partial charge in [-0.15, -0.1) is 0 Å². The first-order valence-corrected chi connectivity index (χ1v) is 21.7. The summed E-state index contributed by atoms with van der Waals surface area (Å²) in [7, 11) is -2.80. The van der Waals surface area contributed by atoms with Gasteiger partial charge in [0.1, 0.15) is 0 Å². The molecule has 2 heterocycles. The molecule has 2 nitrogen and oxygen atoms in total. The van der Waals surface area contributed by atoms with Gasteiger partial charge in [0.2, 0.25) is 0 Å². The quantitative estimate of drug-likeness (QED) is 0.114. The van der Waals surface area contributed by atoms with E-state index in [0.29, 0.717) is 0 Å². The van der Waals surface area contributed by atoms with Crippen LogP contribution in [0.15, 0.2) is 231 Å². The lowest BCUT2D eigenvalue weighted by atomic mass is 10.0. The summed E-state index contributed by atoms with van der Waals surface area (Å²) >= 11 is 0. The van der Waals surface area contributed by atoms with Crippen LogP contribution in [0.4, 0.5) is 0 Å². The van der Waals surface area contributed by atoms with Gasteiger partial charge < -0.3 is 9.13 Å². The molecule has 0 atom stereocenters. The molecule has 0 aliphatic heterocycles. The number of fused-ring (bicyclic) bond motifs is 6. The first kappa shape index (κ1) is 33.2. The Hall–Kier alpha value is -7.20. The SMILES string of the molecule is c1ccc(-c2cccc3c4ccc([Si](c5ccccc5)(c5ccccc5)c5ccccc5)cc4n(-c4ccc5c6ccccc6n(-c6ccccc6)c5c4)c23)cc1. The zero-order chi connectivity index (χ0) is 37.8. The summed E-state index contributed by atoms with van der Waals surface area (Å²) in [6, 6.07) is 85.3. The highest BCUT2D eigenvalue weighted by molar-refractivity contribution is 7.20. The van der Waals surface area contributed by atoms with E-state index < -0.39 is 8.07 Å². The molecule has 3 heteroatoms. The average Bonchev–Trinajstić information content (AvgIpc) is 3.81. The standard InChI is InChI=1S/C54H38N2Si/c1-6-19-39(20-7-1)46-30-18-31-50-49-36-34-45(57(42-23-10-3-11-24-42,43-25-12-4-13-26-43)44-27-14-5-15-28-44)38-53(49)56(54(46)50)41-33-35-48-47-29-16-17-32-51(47)55(52(48)37-41)40-21-8-2-9-22-40/h1-38H. The number of para-hydroxylation sites is 3. The van der Waals surface area contributed by atoms with Crippen molar-refractivity contribution in [3.63, 3.8) is 0 Å². The maximum atomic E-state index is 2.54. The molecule has 0 amide bonds. The van der Waals surface area contributed by atoms with Crippen LogP contribution < -0.4 is 20.7 Å². The van der Waals surface area contributed by atoms with Crippen molar-refractivity contribution >= 4 is 72.4 Å². The fourth-order valence-corrected chi connectivity index (χ4v) is 14.2. The van der Waals surface area contributed by atoms with Crippen molar-refractivity contribution in [2.75, 3.05) is 0 Å². The molecular formula is C54H38N2Si. The summed E-state index contributed by atoms with van der Waals surface area (Å²) in [5.74, 6) is 0. The molecule has 9 aromatic carbocycles. The molecule has 0 unspecified atom stereocenters. The van der Waals surface area contributed by atoms with Crippen LogP contribution in [-0.4, -0.2) is 17.2 Å². The molecule has 11 rings (SSSR count). The summed E-state index contributed by atoms with van der Waals surface area (Å²) in [5.41, 5.74) is 9.51. The van der Waals surface area contributed by atoms with Gasteiger partial charge in [0.05, 0.1) is 22.1 Å². The number of rotatable bonds is 7. The molecule has 57 heavy (non-hydrogen) atoms. The van der Waals surface area contributed by atoms with Crippen LogP contribution in [0, 0.1) is 0 Å². The normalized spacial score (nSPS) is 11.9. The van der Waals surface area contributed by atoms with E-state index in [-0.39, 0.29) is 0 Å². The van der Waals surface area contributed by atoms with Crippen molar-refractivity contribution in [3.8, 4) is 22.5 Å². The van der Waals surface area contributed by atoms with Crippen molar-refractivity contribution in [1.82, 2.24) is 9.13 Å². The highest BCUT2D eigenvalue weighted by Gasteiger charge is 2.41. The highest BCUT2D eigenvalue weighted by atomic mass is 28.3. The van der Waals surface area contributed by atoms with Crippen LogP contribution in [0.25, 0.3) is 66.1 Å². The lowest BCUT2D eigenvalue weighted by Crippen LogP contribution is -2.74. The Morgan fingerprint density at radius 2 is 0.772 bits per heavy atom.